The molecular formula is C21H19ClFN5O. The molecule has 3 N–H and O–H groups in total. The van der Waals surface area contributed by atoms with Crippen molar-refractivity contribution in [2.75, 3.05) is 18.6 Å². The molecule has 0 fully saturated rings. The summed E-state index contributed by atoms with van der Waals surface area (Å²) in [6.07, 6.45) is 1.02. The third-order valence-corrected chi connectivity index (χ3v) is 4.55. The van der Waals surface area contributed by atoms with Gasteiger partial charge in [-0.15, -0.1) is 0 Å². The van der Waals surface area contributed by atoms with Crippen molar-refractivity contribution in [2.45, 2.75) is 12.5 Å². The fourth-order valence-corrected chi connectivity index (χ4v) is 2.93. The van der Waals surface area contributed by atoms with E-state index in [4.69, 9.17) is 22.4 Å². The molecule has 8 heteroatoms. The SMILES string of the molecule is CN(c1cccc(C#C[C@](C)(O)CF)c1)c1nc(=N)n(C=N)c2cc(Cl)ccc12. The molecule has 0 aliphatic rings. The Morgan fingerprint density at radius 1 is 1.34 bits per heavy atom. The van der Waals surface area contributed by atoms with Gasteiger partial charge in [0.1, 0.15) is 12.5 Å². The van der Waals surface area contributed by atoms with E-state index in [1.54, 1.807) is 48.3 Å². The van der Waals surface area contributed by atoms with Crippen LogP contribution in [0, 0.1) is 22.7 Å². The maximum absolute atomic E-state index is 12.8. The van der Waals surface area contributed by atoms with Gasteiger partial charge in [-0.3, -0.25) is 15.4 Å². The minimum absolute atomic E-state index is 0.105. The molecule has 1 atom stereocenters. The molecule has 0 bridgehead atoms. The fraction of sp³-hybridized carbons (Fsp3) is 0.190. The minimum atomic E-state index is -1.70. The lowest BCUT2D eigenvalue weighted by atomic mass is 10.1. The zero-order chi connectivity index (χ0) is 21.2. The molecule has 3 aromatic rings. The lowest BCUT2D eigenvalue weighted by molar-refractivity contribution is 0.0905. The molecule has 0 unspecified atom stereocenters. The predicted octanol–water partition coefficient (Wildman–Crippen LogP) is 3.46. The van der Waals surface area contributed by atoms with Crippen LogP contribution in [0.4, 0.5) is 15.9 Å². The maximum atomic E-state index is 12.8. The lowest BCUT2D eigenvalue weighted by Gasteiger charge is -2.21. The predicted molar refractivity (Wildman–Crippen MR) is 113 cm³/mol. The van der Waals surface area contributed by atoms with Gasteiger partial charge >= 0.3 is 0 Å². The zero-order valence-electron chi connectivity index (χ0n) is 15.9. The van der Waals surface area contributed by atoms with E-state index in [-0.39, 0.29) is 5.62 Å². The highest BCUT2D eigenvalue weighted by Crippen LogP contribution is 2.29. The van der Waals surface area contributed by atoms with E-state index in [2.05, 4.69) is 16.8 Å². The molecule has 2 aromatic carbocycles. The van der Waals surface area contributed by atoms with Crippen molar-refractivity contribution in [1.82, 2.24) is 9.55 Å². The number of alkyl halides is 1. The average Bonchev–Trinajstić information content (AvgIpc) is 2.71. The highest BCUT2D eigenvalue weighted by atomic mass is 35.5. The molecule has 0 aliphatic carbocycles. The summed E-state index contributed by atoms with van der Waals surface area (Å²) < 4.78 is 14.1. The van der Waals surface area contributed by atoms with Gasteiger partial charge in [-0.1, -0.05) is 29.5 Å². The Balaban J connectivity index is 2.11. The smallest absolute Gasteiger partial charge is 0.229 e. The van der Waals surface area contributed by atoms with Gasteiger partial charge in [0.05, 0.1) is 11.9 Å². The second-order valence-corrected chi connectivity index (χ2v) is 7.12. The molecule has 148 valence electrons. The van der Waals surface area contributed by atoms with Gasteiger partial charge in [0.2, 0.25) is 5.62 Å². The summed E-state index contributed by atoms with van der Waals surface area (Å²) in [6, 6.07) is 12.4. The number of halogens is 2. The van der Waals surface area contributed by atoms with E-state index < -0.39 is 12.3 Å². The molecule has 0 saturated heterocycles. The number of nitrogens with zero attached hydrogens (tertiary/aromatic N) is 3. The molecule has 29 heavy (non-hydrogen) atoms. The number of aromatic nitrogens is 2. The van der Waals surface area contributed by atoms with Gasteiger partial charge in [-0.05, 0) is 43.3 Å². The topological polar surface area (TPSA) is 89.0 Å². The first-order valence-electron chi connectivity index (χ1n) is 8.68. The summed E-state index contributed by atoms with van der Waals surface area (Å²) in [5.74, 6) is 5.81. The molecule has 0 amide bonds. The maximum Gasteiger partial charge on any atom is 0.229 e. The number of hydrogen-bond donors (Lipinski definition) is 3. The standard InChI is InChI=1S/C21H19ClFN5O/c1-21(29,12-23)9-8-14-4-3-5-16(10-14)27(2)19-17-7-6-15(22)11-18(17)28(13-24)20(25)26-19/h3-7,10-11,13,24-25,29H,12H2,1-2H3/t21-/m0/s1. The van der Waals surface area contributed by atoms with Crippen molar-refractivity contribution in [3.63, 3.8) is 0 Å². The second kappa shape index (κ2) is 8.03. The number of hydrogen-bond acceptors (Lipinski definition) is 5. The molecule has 1 heterocycles. The van der Waals surface area contributed by atoms with E-state index in [1.165, 1.54) is 11.5 Å². The molecule has 0 radical (unpaired) electrons. The monoisotopic (exact) mass is 411 g/mol. The Labute approximate surface area is 172 Å². The quantitative estimate of drug-likeness (QED) is 0.349. The van der Waals surface area contributed by atoms with Crippen LogP contribution < -0.4 is 10.5 Å². The molecule has 3 rings (SSSR count). The van der Waals surface area contributed by atoms with Crippen LogP contribution in [-0.2, 0) is 0 Å². The second-order valence-electron chi connectivity index (χ2n) is 6.69. The normalized spacial score (nSPS) is 12.7. The molecular weight excluding hydrogens is 393 g/mol. The Morgan fingerprint density at radius 3 is 2.79 bits per heavy atom. The Bertz CT molecular complexity index is 1210. The summed E-state index contributed by atoms with van der Waals surface area (Å²) in [5, 5.41) is 26.7. The summed E-state index contributed by atoms with van der Waals surface area (Å²) in [4.78, 5) is 6.13. The fourth-order valence-electron chi connectivity index (χ4n) is 2.76. The Morgan fingerprint density at radius 2 is 2.10 bits per heavy atom. The van der Waals surface area contributed by atoms with Crippen LogP contribution in [0.1, 0.15) is 12.5 Å². The molecule has 1 aromatic heterocycles. The molecule has 6 nitrogen and oxygen atoms in total. The number of aliphatic hydroxyl groups is 1. The van der Waals surface area contributed by atoms with E-state index in [0.29, 0.717) is 27.3 Å². The van der Waals surface area contributed by atoms with E-state index in [9.17, 15) is 9.50 Å². The van der Waals surface area contributed by atoms with Gasteiger partial charge in [0, 0.05) is 28.7 Å². The van der Waals surface area contributed by atoms with Gasteiger partial charge in [0.25, 0.3) is 0 Å². The zero-order valence-corrected chi connectivity index (χ0v) is 16.6. The number of benzene rings is 2. The first-order valence-corrected chi connectivity index (χ1v) is 9.06. The van der Waals surface area contributed by atoms with Crippen LogP contribution in [0.15, 0.2) is 42.5 Å². The van der Waals surface area contributed by atoms with Crippen LogP contribution in [-0.4, -0.2) is 40.3 Å². The van der Waals surface area contributed by atoms with Crippen LogP contribution in [0.5, 0.6) is 0 Å². The minimum Gasteiger partial charge on any atom is -0.375 e. The highest BCUT2D eigenvalue weighted by molar-refractivity contribution is 6.31. The van der Waals surface area contributed by atoms with Crippen LogP contribution in [0.2, 0.25) is 5.02 Å². The van der Waals surface area contributed by atoms with Crippen molar-refractivity contribution in [2.24, 2.45) is 0 Å². The molecule has 0 spiro atoms. The Kier molecular flexibility index (Phi) is 5.69. The summed E-state index contributed by atoms with van der Waals surface area (Å²) in [6.45, 7) is 0.358. The van der Waals surface area contributed by atoms with Crippen molar-refractivity contribution >= 4 is 40.3 Å². The number of rotatable bonds is 4. The van der Waals surface area contributed by atoms with Gasteiger partial charge in [0.15, 0.2) is 5.60 Å². The molecule has 0 saturated carbocycles. The summed E-state index contributed by atoms with van der Waals surface area (Å²) >= 11 is 6.11. The van der Waals surface area contributed by atoms with Crippen LogP contribution >= 0.6 is 11.6 Å². The lowest BCUT2D eigenvalue weighted by Crippen LogP contribution is -2.26. The number of nitrogens with one attached hydrogen (secondary N) is 2. The van der Waals surface area contributed by atoms with E-state index in [1.807, 2.05) is 6.07 Å². The third kappa shape index (κ3) is 4.29. The number of anilines is 2. The largest absolute Gasteiger partial charge is 0.375 e. The van der Waals surface area contributed by atoms with Crippen molar-refractivity contribution in [1.29, 1.82) is 10.8 Å². The summed E-state index contributed by atoms with van der Waals surface area (Å²) in [7, 11) is 1.80. The highest BCUT2D eigenvalue weighted by Gasteiger charge is 2.16. The van der Waals surface area contributed by atoms with E-state index >= 15 is 0 Å². The number of fused-ring (bicyclic) bond motifs is 1. The van der Waals surface area contributed by atoms with Crippen molar-refractivity contribution in [3.05, 3.63) is 58.7 Å². The van der Waals surface area contributed by atoms with Gasteiger partial charge < -0.3 is 10.0 Å². The van der Waals surface area contributed by atoms with Crippen molar-refractivity contribution < 1.29 is 9.50 Å². The van der Waals surface area contributed by atoms with E-state index in [0.717, 1.165) is 12.0 Å². The van der Waals surface area contributed by atoms with Crippen molar-refractivity contribution in [3.8, 4) is 11.8 Å². The first kappa shape index (κ1) is 20.5. The third-order valence-electron chi connectivity index (χ3n) is 4.32. The molecule has 0 aliphatic heterocycles. The average molecular weight is 412 g/mol. The van der Waals surface area contributed by atoms with Gasteiger partial charge in [-0.25, -0.2) is 4.39 Å². The van der Waals surface area contributed by atoms with Crippen LogP contribution in [0.3, 0.4) is 0 Å². The first-order chi connectivity index (χ1) is 13.8. The van der Waals surface area contributed by atoms with Gasteiger partial charge in [-0.2, -0.15) is 4.98 Å². The summed E-state index contributed by atoms with van der Waals surface area (Å²) in [5.41, 5.74) is 0.133. The van der Waals surface area contributed by atoms with Crippen LogP contribution in [0.25, 0.3) is 10.9 Å². The Hall–Kier alpha value is -3.21.